The third-order valence-electron chi connectivity index (χ3n) is 3.88. The van der Waals surface area contributed by atoms with E-state index in [1.54, 1.807) is 0 Å². The summed E-state index contributed by atoms with van der Waals surface area (Å²) >= 11 is 12.2. The number of nitrogens with one attached hydrogen (secondary N) is 1. The summed E-state index contributed by atoms with van der Waals surface area (Å²) in [5, 5.41) is 5.09. The van der Waals surface area contributed by atoms with Crippen LogP contribution in [0.15, 0.2) is 18.2 Å². The summed E-state index contributed by atoms with van der Waals surface area (Å²) in [6.45, 7) is 5.48. The molecule has 1 fully saturated rings. The molecule has 0 heterocycles. The van der Waals surface area contributed by atoms with Crippen molar-refractivity contribution in [3.63, 3.8) is 0 Å². The van der Waals surface area contributed by atoms with E-state index in [0.717, 1.165) is 18.0 Å². The molecule has 100 valence electrons. The van der Waals surface area contributed by atoms with Crippen LogP contribution in [0.5, 0.6) is 0 Å². The molecule has 1 aliphatic carbocycles. The maximum atomic E-state index is 6.27. The van der Waals surface area contributed by atoms with E-state index in [2.05, 4.69) is 25.2 Å². The Hall–Kier alpha value is -0.240. The fraction of sp³-hybridized carbons (Fsp3) is 0.600. The maximum Gasteiger partial charge on any atom is 0.0453 e. The van der Waals surface area contributed by atoms with Crippen LogP contribution >= 0.6 is 23.2 Å². The van der Waals surface area contributed by atoms with Gasteiger partial charge in [-0.2, -0.15) is 0 Å². The minimum atomic E-state index is 0.405. The van der Waals surface area contributed by atoms with Crippen molar-refractivity contribution < 1.29 is 0 Å². The van der Waals surface area contributed by atoms with Gasteiger partial charge in [0.15, 0.2) is 0 Å². The van der Waals surface area contributed by atoms with Gasteiger partial charge in [-0.15, -0.1) is 0 Å². The average molecular weight is 286 g/mol. The van der Waals surface area contributed by atoms with E-state index in [1.165, 1.54) is 24.8 Å². The topological polar surface area (TPSA) is 12.0 Å². The van der Waals surface area contributed by atoms with Gasteiger partial charge in [0.25, 0.3) is 0 Å². The zero-order valence-corrected chi connectivity index (χ0v) is 12.6. The summed E-state index contributed by atoms with van der Waals surface area (Å²) in [4.78, 5) is 0. The first kappa shape index (κ1) is 14.2. The number of benzene rings is 1. The van der Waals surface area contributed by atoms with Crippen molar-refractivity contribution in [3.8, 4) is 0 Å². The molecule has 0 amide bonds. The number of hydrogen-bond donors (Lipinski definition) is 1. The van der Waals surface area contributed by atoms with Gasteiger partial charge in [-0.1, -0.05) is 49.5 Å². The summed E-state index contributed by atoms with van der Waals surface area (Å²) in [6, 6.07) is 6.40. The van der Waals surface area contributed by atoms with E-state index >= 15 is 0 Å². The molecule has 1 aromatic carbocycles. The van der Waals surface area contributed by atoms with E-state index in [-0.39, 0.29) is 0 Å². The first-order valence-electron chi connectivity index (χ1n) is 6.68. The van der Waals surface area contributed by atoms with E-state index in [4.69, 9.17) is 23.2 Å². The lowest BCUT2D eigenvalue weighted by Gasteiger charge is -2.43. The molecule has 2 rings (SSSR count). The van der Waals surface area contributed by atoms with Gasteiger partial charge in [-0.05, 0) is 42.4 Å². The van der Waals surface area contributed by atoms with Crippen LogP contribution in [0.1, 0.15) is 38.7 Å². The predicted octanol–water partition coefficient (Wildman–Crippen LogP) is 4.70. The van der Waals surface area contributed by atoms with E-state index < -0.39 is 0 Å². The molecule has 0 spiro atoms. The zero-order chi connectivity index (χ0) is 13.2. The molecule has 0 radical (unpaired) electrons. The van der Waals surface area contributed by atoms with Crippen LogP contribution in [0.2, 0.25) is 10.0 Å². The molecule has 0 bridgehead atoms. The quantitative estimate of drug-likeness (QED) is 0.827. The third kappa shape index (κ3) is 3.40. The minimum absolute atomic E-state index is 0.405. The lowest BCUT2D eigenvalue weighted by Crippen LogP contribution is -2.43. The van der Waals surface area contributed by atoms with Crippen LogP contribution in [0.25, 0.3) is 0 Å². The molecular weight excluding hydrogens is 265 g/mol. The summed E-state index contributed by atoms with van der Waals surface area (Å²) < 4.78 is 0. The summed E-state index contributed by atoms with van der Waals surface area (Å²) in [5.74, 6) is 0. The molecule has 0 atom stereocenters. The Balaban J connectivity index is 2.05. The van der Waals surface area contributed by atoms with E-state index in [9.17, 15) is 0 Å². The van der Waals surface area contributed by atoms with Gasteiger partial charge in [0.05, 0.1) is 0 Å². The van der Waals surface area contributed by atoms with Gasteiger partial charge in [-0.3, -0.25) is 0 Å². The molecule has 1 N–H and O–H groups in total. The van der Waals surface area contributed by atoms with Crippen LogP contribution in [0.3, 0.4) is 0 Å². The predicted molar refractivity (Wildman–Crippen MR) is 79.6 cm³/mol. The van der Waals surface area contributed by atoms with Gasteiger partial charge in [0.2, 0.25) is 0 Å². The molecule has 0 unspecified atom stereocenters. The molecular formula is C15H21Cl2N. The Morgan fingerprint density at radius 1 is 1.28 bits per heavy atom. The first-order valence-corrected chi connectivity index (χ1v) is 7.44. The average Bonchev–Trinajstić information content (AvgIpc) is 2.24. The fourth-order valence-electron chi connectivity index (χ4n) is 2.58. The van der Waals surface area contributed by atoms with Gasteiger partial charge < -0.3 is 5.32 Å². The van der Waals surface area contributed by atoms with Crippen molar-refractivity contribution in [1.29, 1.82) is 0 Å². The molecule has 18 heavy (non-hydrogen) atoms. The van der Waals surface area contributed by atoms with Crippen molar-refractivity contribution in [2.75, 3.05) is 6.54 Å². The highest BCUT2D eigenvalue weighted by atomic mass is 35.5. The van der Waals surface area contributed by atoms with Gasteiger partial charge in [0.1, 0.15) is 0 Å². The Morgan fingerprint density at radius 3 is 2.50 bits per heavy atom. The van der Waals surface area contributed by atoms with E-state index in [0.29, 0.717) is 16.5 Å². The van der Waals surface area contributed by atoms with Gasteiger partial charge in [0, 0.05) is 22.6 Å². The first-order chi connectivity index (χ1) is 8.51. The van der Waals surface area contributed by atoms with E-state index in [1.807, 2.05) is 12.1 Å². The minimum Gasteiger partial charge on any atom is -0.314 e. The second kappa shape index (κ2) is 5.81. The van der Waals surface area contributed by atoms with Crippen molar-refractivity contribution in [2.24, 2.45) is 5.41 Å². The third-order valence-corrected chi connectivity index (χ3v) is 4.47. The Labute approximate surface area is 120 Å². The Morgan fingerprint density at radius 2 is 2.00 bits per heavy atom. The molecule has 1 saturated carbocycles. The van der Waals surface area contributed by atoms with Crippen molar-refractivity contribution in [1.82, 2.24) is 5.32 Å². The summed E-state index contributed by atoms with van der Waals surface area (Å²) in [5.41, 5.74) is 1.63. The maximum absolute atomic E-state index is 6.27. The molecule has 0 aromatic heterocycles. The number of halogens is 2. The fourth-order valence-corrected chi connectivity index (χ4v) is 3.06. The van der Waals surface area contributed by atoms with Crippen LogP contribution in [-0.2, 0) is 6.42 Å². The molecule has 1 aromatic rings. The largest absolute Gasteiger partial charge is 0.314 e. The second-order valence-electron chi connectivity index (χ2n) is 5.80. The van der Waals surface area contributed by atoms with Crippen LogP contribution < -0.4 is 5.32 Å². The van der Waals surface area contributed by atoms with Crippen LogP contribution in [0, 0.1) is 5.41 Å². The normalized spacial score (nSPS) is 17.8. The SMILES string of the molecule is CC(C)NCC1(Cc2ccc(Cl)cc2Cl)CCC1. The Kier molecular flexibility index (Phi) is 4.58. The van der Waals surface area contributed by atoms with Crippen LogP contribution in [0.4, 0.5) is 0 Å². The van der Waals surface area contributed by atoms with Crippen molar-refractivity contribution in [2.45, 2.75) is 45.6 Å². The van der Waals surface area contributed by atoms with Crippen LogP contribution in [-0.4, -0.2) is 12.6 Å². The smallest absolute Gasteiger partial charge is 0.0453 e. The van der Waals surface area contributed by atoms with Gasteiger partial charge in [-0.25, -0.2) is 0 Å². The highest BCUT2D eigenvalue weighted by molar-refractivity contribution is 6.35. The zero-order valence-electron chi connectivity index (χ0n) is 11.1. The van der Waals surface area contributed by atoms with Gasteiger partial charge >= 0.3 is 0 Å². The van der Waals surface area contributed by atoms with Crippen molar-refractivity contribution >= 4 is 23.2 Å². The molecule has 0 saturated heterocycles. The highest BCUT2D eigenvalue weighted by Crippen LogP contribution is 2.44. The monoisotopic (exact) mass is 285 g/mol. The molecule has 0 aliphatic heterocycles. The van der Waals surface area contributed by atoms with Crippen molar-refractivity contribution in [3.05, 3.63) is 33.8 Å². The number of hydrogen-bond acceptors (Lipinski definition) is 1. The summed E-state index contributed by atoms with van der Waals surface area (Å²) in [6.07, 6.45) is 4.99. The standard InChI is InChI=1S/C15H21Cl2N/c1-11(2)18-10-15(6-3-7-15)9-12-4-5-13(16)8-14(12)17/h4-5,8,11,18H,3,6-7,9-10H2,1-2H3. The Bertz CT molecular complexity index is 411. The lowest BCUT2D eigenvalue weighted by atomic mass is 9.65. The highest BCUT2D eigenvalue weighted by Gasteiger charge is 2.37. The lowest BCUT2D eigenvalue weighted by molar-refractivity contribution is 0.127. The second-order valence-corrected chi connectivity index (χ2v) is 6.65. The summed E-state index contributed by atoms with van der Waals surface area (Å²) in [7, 11) is 0. The molecule has 1 nitrogen and oxygen atoms in total. The molecule has 1 aliphatic rings. The number of rotatable bonds is 5. The molecule has 3 heteroatoms.